The lowest BCUT2D eigenvalue weighted by atomic mass is 9.72. The van der Waals surface area contributed by atoms with Crippen LogP contribution in [0.15, 0.2) is 24.3 Å². The molecule has 0 aliphatic carbocycles. The Morgan fingerprint density at radius 1 is 1.21 bits per heavy atom. The van der Waals surface area contributed by atoms with Crippen LogP contribution in [0.4, 0.5) is 4.39 Å². The van der Waals surface area contributed by atoms with Crippen LogP contribution in [0.2, 0.25) is 0 Å². The van der Waals surface area contributed by atoms with Crippen LogP contribution < -0.4 is 5.32 Å². The Hall–Kier alpha value is -0.970. The molecule has 19 heavy (non-hydrogen) atoms. The van der Waals surface area contributed by atoms with E-state index in [0.717, 1.165) is 38.1 Å². The summed E-state index contributed by atoms with van der Waals surface area (Å²) in [7, 11) is 1.69. The lowest BCUT2D eigenvalue weighted by molar-refractivity contribution is 0.0798. The third-order valence-electron chi connectivity index (χ3n) is 3.73. The van der Waals surface area contributed by atoms with E-state index < -0.39 is 0 Å². The fourth-order valence-corrected chi connectivity index (χ4v) is 2.49. The van der Waals surface area contributed by atoms with Gasteiger partial charge in [-0.1, -0.05) is 18.2 Å². The Kier molecular flexibility index (Phi) is 5.31. The quantitative estimate of drug-likeness (QED) is 0.732. The molecule has 1 aromatic rings. The fourth-order valence-electron chi connectivity index (χ4n) is 2.49. The monoisotopic (exact) mass is 267 g/mol. The smallest absolute Gasteiger partial charge is 0.127 e. The van der Waals surface area contributed by atoms with Gasteiger partial charge in [0.1, 0.15) is 5.82 Å². The number of benzene rings is 1. The maximum Gasteiger partial charge on any atom is 0.127 e. The Labute approximate surface area is 114 Å². The molecule has 1 aromatic carbocycles. The highest BCUT2D eigenvalue weighted by Gasteiger charge is 2.39. The molecule has 1 fully saturated rings. The van der Waals surface area contributed by atoms with E-state index in [2.05, 4.69) is 5.32 Å². The minimum atomic E-state index is -0.108. The maximum atomic E-state index is 13.9. The summed E-state index contributed by atoms with van der Waals surface area (Å²) in [5.41, 5.74) is 0.723. The zero-order chi connectivity index (χ0) is 13.6. The average molecular weight is 267 g/mol. The molecule has 4 heteroatoms. The number of ether oxygens (including phenoxy) is 2. The second-order valence-electron chi connectivity index (χ2n) is 5.07. The van der Waals surface area contributed by atoms with Crippen molar-refractivity contribution in [1.82, 2.24) is 5.32 Å². The molecule has 0 bridgehead atoms. The maximum absolute atomic E-state index is 13.9. The van der Waals surface area contributed by atoms with Crippen molar-refractivity contribution in [2.24, 2.45) is 0 Å². The molecule has 0 unspecified atom stereocenters. The molecule has 0 atom stereocenters. The predicted molar refractivity (Wildman–Crippen MR) is 72.9 cm³/mol. The van der Waals surface area contributed by atoms with Gasteiger partial charge in [0.05, 0.1) is 0 Å². The standard InChI is InChI=1S/C15H22FNO2/c1-18-8-4-9-19-10-7-15(11-17-12-15)13-5-2-3-6-14(13)16/h2-3,5-6,17H,4,7-12H2,1H3. The molecular formula is C15H22FNO2. The molecule has 0 saturated carbocycles. The number of rotatable bonds is 8. The Bertz CT molecular complexity index is 393. The minimum Gasteiger partial charge on any atom is -0.385 e. The number of halogens is 1. The van der Waals surface area contributed by atoms with Gasteiger partial charge in [-0.3, -0.25) is 0 Å². The largest absolute Gasteiger partial charge is 0.385 e. The van der Waals surface area contributed by atoms with E-state index in [4.69, 9.17) is 9.47 Å². The van der Waals surface area contributed by atoms with Gasteiger partial charge in [0.25, 0.3) is 0 Å². The van der Waals surface area contributed by atoms with E-state index >= 15 is 0 Å². The van der Waals surface area contributed by atoms with Crippen molar-refractivity contribution >= 4 is 0 Å². The van der Waals surface area contributed by atoms with Crippen molar-refractivity contribution in [2.75, 3.05) is 40.0 Å². The van der Waals surface area contributed by atoms with E-state index in [9.17, 15) is 4.39 Å². The third kappa shape index (κ3) is 3.53. The zero-order valence-electron chi connectivity index (χ0n) is 11.5. The molecular weight excluding hydrogens is 245 g/mol. The highest BCUT2D eigenvalue weighted by molar-refractivity contribution is 5.31. The van der Waals surface area contributed by atoms with Crippen LogP contribution in [0.5, 0.6) is 0 Å². The van der Waals surface area contributed by atoms with Crippen molar-refractivity contribution < 1.29 is 13.9 Å². The molecule has 0 amide bonds. The summed E-state index contributed by atoms with van der Waals surface area (Å²) < 4.78 is 24.5. The van der Waals surface area contributed by atoms with Gasteiger partial charge in [0, 0.05) is 45.4 Å². The third-order valence-corrected chi connectivity index (χ3v) is 3.73. The van der Waals surface area contributed by atoms with Crippen LogP contribution in [-0.4, -0.2) is 40.0 Å². The molecule has 0 spiro atoms. The molecule has 1 aliphatic rings. The first-order valence-electron chi connectivity index (χ1n) is 6.81. The summed E-state index contributed by atoms with van der Waals surface area (Å²) in [5.74, 6) is -0.108. The van der Waals surface area contributed by atoms with Crippen LogP contribution in [0.3, 0.4) is 0 Å². The highest BCUT2D eigenvalue weighted by atomic mass is 19.1. The molecule has 2 rings (SSSR count). The van der Waals surface area contributed by atoms with E-state index in [0.29, 0.717) is 13.2 Å². The fraction of sp³-hybridized carbons (Fsp3) is 0.600. The molecule has 3 nitrogen and oxygen atoms in total. The second-order valence-corrected chi connectivity index (χ2v) is 5.07. The van der Waals surface area contributed by atoms with Crippen molar-refractivity contribution in [3.63, 3.8) is 0 Å². The molecule has 0 aromatic heterocycles. The minimum absolute atomic E-state index is 0.0907. The SMILES string of the molecule is COCCCOCCC1(c2ccccc2F)CNC1. The van der Waals surface area contributed by atoms with E-state index in [-0.39, 0.29) is 11.2 Å². The van der Waals surface area contributed by atoms with Gasteiger partial charge in [-0.2, -0.15) is 0 Å². The number of methoxy groups -OCH3 is 1. The lowest BCUT2D eigenvalue weighted by Gasteiger charge is -2.43. The molecule has 106 valence electrons. The lowest BCUT2D eigenvalue weighted by Crippen LogP contribution is -2.57. The first-order valence-corrected chi connectivity index (χ1v) is 6.81. The molecule has 1 heterocycles. The van der Waals surface area contributed by atoms with E-state index in [1.807, 2.05) is 12.1 Å². The van der Waals surface area contributed by atoms with Crippen molar-refractivity contribution in [2.45, 2.75) is 18.3 Å². The summed E-state index contributed by atoms with van der Waals surface area (Å²) >= 11 is 0. The molecule has 1 N–H and O–H groups in total. The van der Waals surface area contributed by atoms with Crippen LogP contribution in [-0.2, 0) is 14.9 Å². The van der Waals surface area contributed by atoms with Gasteiger partial charge in [-0.25, -0.2) is 4.39 Å². The normalized spacial score (nSPS) is 17.2. The van der Waals surface area contributed by atoms with Gasteiger partial charge in [0.2, 0.25) is 0 Å². The predicted octanol–water partition coefficient (Wildman–Crippen LogP) is 2.11. The van der Waals surface area contributed by atoms with Gasteiger partial charge in [-0.15, -0.1) is 0 Å². The zero-order valence-corrected chi connectivity index (χ0v) is 11.5. The van der Waals surface area contributed by atoms with Crippen molar-refractivity contribution in [1.29, 1.82) is 0 Å². The summed E-state index contributed by atoms with van der Waals surface area (Å²) in [6, 6.07) is 7.06. The van der Waals surface area contributed by atoms with Crippen LogP contribution in [0, 0.1) is 5.82 Å². The van der Waals surface area contributed by atoms with Crippen molar-refractivity contribution in [3.8, 4) is 0 Å². The number of hydrogen-bond acceptors (Lipinski definition) is 3. The Balaban J connectivity index is 1.84. The molecule has 1 aliphatic heterocycles. The van der Waals surface area contributed by atoms with Crippen molar-refractivity contribution in [3.05, 3.63) is 35.6 Å². The first kappa shape index (κ1) is 14.4. The molecule has 0 radical (unpaired) electrons. The Morgan fingerprint density at radius 2 is 2.00 bits per heavy atom. The van der Waals surface area contributed by atoms with Gasteiger partial charge >= 0.3 is 0 Å². The number of nitrogens with one attached hydrogen (secondary N) is 1. The average Bonchev–Trinajstić information content (AvgIpc) is 2.37. The van der Waals surface area contributed by atoms with Crippen LogP contribution >= 0.6 is 0 Å². The topological polar surface area (TPSA) is 30.5 Å². The van der Waals surface area contributed by atoms with Gasteiger partial charge in [0.15, 0.2) is 0 Å². The highest BCUT2D eigenvalue weighted by Crippen LogP contribution is 2.33. The molecule has 1 saturated heterocycles. The van der Waals surface area contributed by atoms with Crippen LogP contribution in [0.25, 0.3) is 0 Å². The summed E-state index contributed by atoms with van der Waals surface area (Å²) in [4.78, 5) is 0. The summed E-state index contributed by atoms with van der Waals surface area (Å²) in [5, 5.41) is 3.25. The number of hydrogen-bond donors (Lipinski definition) is 1. The van der Waals surface area contributed by atoms with Gasteiger partial charge < -0.3 is 14.8 Å². The summed E-state index contributed by atoms with van der Waals surface area (Å²) in [6.07, 6.45) is 1.76. The second kappa shape index (κ2) is 6.98. The van der Waals surface area contributed by atoms with E-state index in [1.54, 1.807) is 13.2 Å². The van der Waals surface area contributed by atoms with Gasteiger partial charge in [-0.05, 0) is 24.5 Å². The summed E-state index contributed by atoms with van der Waals surface area (Å²) in [6.45, 7) is 3.75. The van der Waals surface area contributed by atoms with E-state index in [1.165, 1.54) is 6.07 Å². The first-order chi connectivity index (χ1) is 9.28. The van der Waals surface area contributed by atoms with Crippen LogP contribution in [0.1, 0.15) is 18.4 Å². The Morgan fingerprint density at radius 3 is 2.63 bits per heavy atom.